The monoisotopic (exact) mass is 254 g/mol. The molecule has 0 amide bonds. The number of hydrogen-bond acceptors (Lipinski definition) is 3. The molecule has 1 heterocycles. The van der Waals surface area contributed by atoms with Crippen molar-refractivity contribution in [3.05, 3.63) is 0 Å². The molecule has 1 saturated carbocycles. The van der Waals surface area contributed by atoms with E-state index in [2.05, 4.69) is 17.1 Å². The van der Waals surface area contributed by atoms with Crippen LogP contribution in [0.4, 0.5) is 0 Å². The van der Waals surface area contributed by atoms with Crippen molar-refractivity contribution in [3.63, 3.8) is 0 Å². The highest BCUT2D eigenvalue weighted by atomic mass is 16.3. The Labute approximate surface area is 112 Å². The van der Waals surface area contributed by atoms with Gasteiger partial charge in [-0.1, -0.05) is 26.2 Å². The molecule has 1 unspecified atom stereocenters. The summed E-state index contributed by atoms with van der Waals surface area (Å²) < 4.78 is 0. The van der Waals surface area contributed by atoms with Crippen molar-refractivity contribution in [1.82, 2.24) is 10.2 Å². The third-order valence-electron chi connectivity index (χ3n) is 4.50. The molecule has 2 fully saturated rings. The summed E-state index contributed by atoms with van der Waals surface area (Å²) in [7, 11) is 0. The van der Waals surface area contributed by atoms with Crippen LogP contribution in [-0.2, 0) is 0 Å². The van der Waals surface area contributed by atoms with Crippen LogP contribution in [0.2, 0.25) is 0 Å². The van der Waals surface area contributed by atoms with Gasteiger partial charge in [0, 0.05) is 13.1 Å². The maximum absolute atomic E-state index is 10.4. The molecule has 1 saturated heterocycles. The van der Waals surface area contributed by atoms with E-state index in [4.69, 9.17) is 0 Å². The highest BCUT2D eigenvalue weighted by Gasteiger charge is 2.28. The average molecular weight is 254 g/mol. The first-order valence-electron chi connectivity index (χ1n) is 7.83. The van der Waals surface area contributed by atoms with Gasteiger partial charge in [-0.15, -0.1) is 0 Å². The lowest BCUT2D eigenvalue weighted by molar-refractivity contribution is 0.00425. The van der Waals surface area contributed by atoms with Gasteiger partial charge in [0.15, 0.2) is 0 Å². The van der Waals surface area contributed by atoms with Crippen molar-refractivity contribution in [2.45, 2.75) is 57.5 Å². The van der Waals surface area contributed by atoms with E-state index in [9.17, 15) is 5.11 Å². The lowest BCUT2D eigenvalue weighted by Gasteiger charge is -2.33. The van der Waals surface area contributed by atoms with Crippen LogP contribution in [0.3, 0.4) is 0 Å². The summed E-state index contributed by atoms with van der Waals surface area (Å²) in [5, 5.41) is 13.9. The SMILES string of the molecule is CC(CNCC1(O)CCCCC1)CN1CCCC1. The molecule has 3 nitrogen and oxygen atoms in total. The number of likely N-dealkylation sites (tertiary alicyclic amines) is 1. The lowest BCUT2D eigenvalue weighted by atomic mass is 9.85. The van der Waals surface area contributed by atoms with Gasteiger partial charge in [0.05, 0.1) is 5.60 Å². The first kappa shape index (κ1) is 14.3. The summed E-state index contributed by atoms with van der Waals surface area (Å²) in [6, 6.07) is 0. The van der Waals surface area contributed by atoms with Crippen molar-refractivity contribution in [2.24, 2.45) is 5.92 Å². The predicted molar refractivity (Wildman–Crippen MR) is 75.7 cm³/mol. The van der Waals surface area contributed by atoms with Gasteiger partial charge >= 0.3 is 0 Å². The number of nitrogens with zero attached hydrogens (tertiary/aromatic N) is 1. The van der Waals surface area contributed by atoms with E-state index in [-0.39, 0.29) is 0 Å². The standard InChI is InChI=1S/C15H30N2O/c1-14(12-17-9-5-6-10-17)11-16-13-15(18)7-3-2-4-8-15/h14,16,18H,2-13H2,1H3. The van der Waals surface area contributed by atoms with Crippen LogP contribution < -0.4 is 5.32 Å². The molecule has 2 aliphatic rings. The molecule has 2 rings (SSSR count). The van der Waals surface area contributed by atoms with E-state index in [1.807, 2.05) is 0 Å². The first-order chi connectivity index (χ1) is 8.68. The van der Waals surface area contributed by atoms with Gasteiger partial charge in [0.2, 0.25) is 0 Å². The van der Waals surface area contributed by atoms with Crippen molar-refractivity contribution >= 4 is 0 Å². The topological polar surface area (TPSA) is 35.5 Å². The van der Waals surface area contributed by atoms with E-state index in [1.54, 1.807) is 0 Å². The zero-order chi connectivity index (χ0) is 12.8. The van der Waals surface area contributed by atoms with Crippen LogP contribution in [0, 0.1) is 5.92 Å². The highest BCUT2D eigenvalue weighted by Crippen LogP contribution is 2.27. The van der Waals surface area contributed by atoms with Gasteiger partial charge in [-0.3, -0.25) is 0 Å². The summed E-state index contributed by atoms with van der Waals surface area (Å²) in [4.78, 5) is 2.57. The average Bonchev–Trinajstić information content (AvgIpc) is 2.82. The van der Waals surface area contributed by atoms with Gasteiger partial charge in [-0.05, 0) is 51.2 Å². The van der Waals surface area contributed by atoms with E-state index in [0.717, 1.165) is 25.9 Å². The minimum Gasteiger partial charge on any atom is -0.389 e. The molecule has 2 N–H and O–H groups in total. The smallest absolute Gasteiger partial charge is 0.0771 e. The van der Waals surface area contributed by atoms with Gasteiger partial charge in [0.25, 0.3) is 0 Å². The number of rotatable bonds is 6. The van der Waals surface area contributed by atoms with E-state index in [1.165, 1.54) is 51.7 Å². The fourth-order valence-corrected chi connectivity index (χ4v) is 3.41. The summed E-state index contributed by atoms with van der Waals surface area (Å²) in [5.74, 6) is 0.690. The molecule has 0 bridgehead atoms. The minimum absolute atomic E-state index is 0.411. The van der Waals surface area contributed by atoms with Crippen LogP contribution in [-0.4, -0.2) is 48.3 Å². The molecule has 18 heavy (non-hydrogen) atoms. The first-order valence-corrected chi connectivity index (χ1v) is 7.83. The van der Waals surface area contributed by atoms with Crippen LogP contribution in [0.5, 0.6) is 0 Å². The van der Waals surface area contributed by atoms with Gasteiger partial charge in [-0.2, -0.15) is 0 Å². The highest BCUT2D eigenvalue weighted by molar-refractivity contribution is 4.84. The Balaban J connectivity index is 1.58. The fraction of sp³-hybridized carbons (Fsp3) is 1.00. The largest absolute Gasteiger partial charge is 0.389 e. The van der Waals surface area contributed by atoms with Crippen molar-refractivity contribution in [2.75, 3.05) is 32.7 Å². The number of nitrogens with one attached hydrogen (secondary N) is 1. The Morgan fingerprint density at radius 2 is 1.78 bits per heavy atom. The Hall–Kier alpha value is -0.120. The van der Waals surface area contributed by atoms with Gasteiger partial charge in [0.1, 0.15) is 0 Å². The second-order valence-electron chi connectivity index (χ2n) is 6.53. The molecule has 3 heteroatoms. The fourth-order valence-electron chi connectivity index (χ4n) is 3.41. The molecule has 1 atom stereocenters. The van der Waals surface area contributed by atoms with E-state index in [0.29, 0.717) is 5.92 Å². The Bertz CT molecular complexity index is 233. The van der Waals surface area contributed by atoms with Crippen molar-refractivity contribution in [1.29, 1.82) is 0 Å². The molecule has 0 spiro atoms. The van der Waals surface area contributed by atoms with Gasteiger partial charge < -0.3 is 15.3 Å². The number of hydrogen-bond donors (Lipinski definition) is 2. The molecule has 106 valence electrons. The summed E-state index contributed by atoms with van der Waals surface area (Å²) in [6.07, 6.45) is 8.41. The molecule has 0 aromatic carbocycles. The third-order valence-corrected chi connectivity index (χ3v) is 4.50. The second kappa shape index (κ2) is 6.88. The lowest BCUT2D eigenvalue weighted by Crippen LogP contribution is -2.44. The normalized spacial score (nSPS) is 26.3. The maximum atomic E-state index is 10.4. The van der Waals surface area contributed by atoms with Crippen molar-refractivity contribution < 1.29 is 5.11 Å². The zero-order valence-electron chi connectivity index (χ0n) is 12.0. The van der Waals surface area contributed by atoms with Crippen molar-refractivity contribution in [3.8, 4) is 0 Å². The zero-order valence-corrected chi connectivity index (χ0v) is 12.0. The summed E-state index contributed by atoms with van der Waals surface area (Å²) >= 11 is 0. The quantitative estimate of drug-likeness (QED) is 0.761. The minimum atomic E-state index is -0.411. The maximum Gasteiger partial charge on any atom is 0.0771 e. The van der Waals surface area contributed by atoms with Crippen LogP contribution in [0.1, 0.15) is 51.9 Å². The Morgan fingerprint density at radius 1 is 1.11 bits per heavy atom. The molecule has 1 aliphatic carbocycles. The van der Waals surface area contributed by atoms with Crippen LogP contribution in [0.15, 0.2) is 0 Å². The second-order valence-corrected chi connectivity index (χ2v) is 6.53. The molecule has 0 aromatic rings. The predicted octanol–water partition coefficient (Wildman–Crippen LogP) is 2.00. The summed E-state index contributed by atoms with van der Waals surface area (Å²) in [6.45, 7) is 7.93. The molecule has 0 radical (unpaired) electrons. The van der Waals surface area contributed by atoms with Gasteiger partial charge in [-0.25, -0.2) is 0 Å². The third kappa shape index (κ3) is 4.52. The molecule has 0 aromatic heterocycles. The Morgan fingerprint density at radius 3 is 2.44 bits per heavy atom. The van der Waals surface area contributed by atoms with E-state index < -0.39 is 5.60 Å². The van der Waals surface area contributed by atoms with Crippen LogP contribution >= 0.6 is 0 Å². The number of aliphatic hydroxyl groups is 1. The Kier molecular flexibility index (Phi) is 5.46. The van der Waals surface area contributed by atoms with E-state index >= 15 is 0 Å². The summed E-state index contributed by atoms with van der Waals surface area (Å²) in [5.41, 5.74) is -0.411. The molecular formula is C15H30N2O. The molecule has 1 aliphatic heterocycles. The van der Waals surface area contributed by atoms with Crippen LogP contribution in [0.25, 0.3) is 0 Å². The molecular weight excluding hydrogens is 224 g/mol.